The van der Waals surface area contributed by atoms with Crippen LogP contribution in [0.25, 0.3) is 0 Å². The molecule has 0 saturated heterocycles. The van der Waals surface area contributed by atoms with Gasteiger partial charge in [0.05, 0.1) is 0 Å². The summed E-state index contributed by atoms with van der Waals surface area (Å²) in [6, 6.07) is 0. The Morgan fingerprint density at radius 1 is 0.500 bits per heavy atom. The summed E-state index contributed by atoms with van der Waals surface area (Å²) in [5, 5.41) is 0. The number of hydrogen-bond acceptors (Lipinski definition) is 0. The van der Waals surface area contributed by atoms with Gasteiger partial charge in [0.2, 0.25) is 0 Å². The molecular formula is O3Ru. The second-order valence-corrected chi connectivity index (χ2v) is 0. The van der Waals surface area contributed by atoms with Crippen LogP contribution in [-0.2, 0) is 35.9 Å². The minimum atomic E-state index is 0. The van der Waals surface area contributed by atoms with Crippen LogP contribution in [0.5, 0.6) is 0 Å². The monoisotopic (exact) mass is 150 g/mol. The van der Waals surface area contributed by atoms with Crippen molar-refractivity contribution in [3.63, 3.8) is 0 Å². The van der Waals surface area contributed by atoms with Crippen molar-refractivity contribution in [3.05, 3.63) is 0 Å². The molecule has 0 aliphatic rings. The van der Waals surface area contributed by atoms with Gasteiger partial charge in [-0.15, -0.1) is 0 Å². The molecule has 0 atom stereocenters. The molecule has 26 valence electrons. The van der Waals surface area contributed by atoms with E-state index in [-0.39, 0.29) is 35.9 Å². The Morgan fingerprint density at radius 2 is 0.500 bits per heavy atom. The zero-order valence-electron chi connectivity index (χ0n) is 1.58. The quantitative estimate of drug-likeness (QED) is 0.421. The zero-order valence-corrected chi connectivity index (χ0v) is 3.32. The molecule has 0 heterocycles. The summed E-state index contributed by atoms with van der Waals surface area (Å²) >= 11 is 0. The third-order valence-electron chi connectivity index (χ3n) is 0. The molecule has 0 aromatic carbocycles. The van der Waals surface area contributed by atoms with E-state index in [4.69, 9.17) is 0 Å². The number of hydrogen-bond donors (Lipinski definition) is 0. The molecule has 0 radical (unpaired) electrons. The fourth-order valence-electron chi connectivity index (χ4n) is 0. The summed E-state index contributed by atoms with van der Waals surface area (Å²) in [4.78, 5) is 0. The molecule has 0 N–H and O–H groups in total. The van der Waals surface area contributed by atoms with Gasteiger partial charge in [-0.25, -0.2) is 0 Å². The van der Waals surface area contributed by atoms with Gasteiger partial charge in [-0.05, 0) is 0 Å². The minimum absolute atomic E-state index is 0. The van der Waals surface area contributed by atoms with Crippen LogP contribution < -0.4 is 0 Å². The zero-order chi connectivity index (χ0) is 0. The van der Waals surface area contributed by atoms with Crippen molar-refractivity contribution in [3.8, 4) is 0 Å². The van der Waals surface area contributed by atoms with E-state index in [9.17, 15) is 0 Å². The first-order valence-corrected chi connectivity index (χ1v) is 0. The molecule has 0 amide bonds. The first-order chi connectivity index (χ1) is 0. The molecule has 0 aliphatic heterocycles. The smallest absolute Gasteiger partial charge is 2.00 e. The average Bonchev–Trinajstić information content (AvgIpc) is 0. The summed E-state index contributed by atoms with van der Waals surface area (Å²) in [5.41, 5.74) is 0. The van der Waals surface area contributed by atoms with Crippen molar-refractivity contribution in [2.45, 2.75) is 0 Å². The van der Waals surface area contributed by atoms with Crippen molar-refractivity contribution in [2.75, 3.05) is 0 Å². The molecule has 0 rings (SSSR count). The Bertz CT molecular complexity index is 3.25. The first kappa shape index (κ1) is 218. The molecule has 4 heavy (non-hydrogen) atoms. The predicted octanol–water partition coefficient (Wildman–Crippen LogP) is -0.359. The molecule has 0 unspecified atom stereocenters. The standard InChI is InChI=1S/3O.Ru/q3*-2;+6. The van der Waals surface area contributed by atoms with Gasteiger partial charge in [0.15, 0.2) is 0 Å². The van der Waals surface area contributed by atoms with E-state index in [2.05, 4.69) is 0 Å². The van der Waals surface area contributed by atoms with E-state index in [0.717, 1.165) is 0 Å². The van der Waals surface area contributed by atoms with Crippen LogP contribution in [0.2, 0.25) is 0 Å². The van der Waals surface area contributed by atoms with Gasteiger partial charge in [-0.1, -0.05) is 0 Å². The normalized spacial score (nSPS) is 0. The number of rotatable bonds is 0. The van der Waals surface area contributed by atoms with Crippen molar-refractivity contribution in [1.82, 2.24) is 0 Å². The van der Waals surface area contributed by atoms with Crippen molar-refractivity contribution >= 4 is 0 Å². The molecule has 0 bridgehead atoms. The van der Waals surface area contributed by atoms with E-state index < -0.39 is 0 Å². The van der Waals surface area contributed by atoms with Crippen molar-refractivity contribution in [2.24, 2.45) is 0 Å². The average molecular weight is 149 g/mol. The van der Waals surface area contributed by atoms with E-state index in [1.165, 1.54) is 0 Å². The molecule has 0 fully saturated rings. The molecule has 0 aromatic heterocycles. The Morgan fingerprint density at radius 3 is 0.500 bits per heavy atom. The van der Waals surface area contributed by atoms with Gasteiger partial charge in [0.25, 0.3) is 0 Å². The van der Waals surface area contributed by atoms with Crippen LogP contribution in [0.4, 0.5) is 0 Å². The van der Waals surface area contributed by atoms with Gasteiger partial charge in [-0.2, -0.15) is 0 Å². The second-order valence-electron chi connectivity index (χ2n) is 0. The van der Waals surface area contributed by atoms with E-state index in [0.29, 0.717) is 0 Å². The summed E-state index contributed by atoms with van der Waals surface area (Å²) in [5.74, 6) is 0. The van der Waals surface area contributed by atoms with Crippen LogP contribution >= 0.6 is 0 Å². The Hall–Kier alpha value is 0.503. The molecule has 0 aromatic rings. The first-order valence-electron chi connectivity index (χ1n) is 0. The third-order valence-corrected chi connectivity index (χ3v) is 0. The predicted molar refractivity (Wildman–Crippen MR) is 2.06 cm³/mol. The van der Waals surface area contributed by atoms with Crippen LogP contribution in [0, 0.1) is 0 Å². The Balaban J connectivity index is 0. The van der Waals surface area contributed by atoms with Gasteiger partial charge < -0.3 is 16.4 Å². The van der Waals surface area contributed by atoms with Crippen LogP contribution in [-0.4, -0.2) is 0 Å². The largest absolute Gasteiger partial charge is 6.00 e. The van der Waals surface area contributed by atoms with Crippen molar-refractivity contribution < 1.29 is 35.9 Å². The van der Waals surface area contributed by atoms with Gasteiger partial charge in [0.1, 0.15) is 0 Å². The molecule has 3 nitrogen and oxygen atoms in total. The molecular weight excluding hydrogens is 149 g/mol. The van der Waals surface area contributed by atoms with Gasteiger partial charge >= 0.3 is 19.5 Å². The Kier molecular flexibility index (Phi) is 4730. The molecule has 0 aliphatic carbocycles. The summed E-state index contributed by atoms with van der Waals surface area (Å²) in [7, 11) is 0. The maximum absolute atomic E-state index is 0. The summed E-state index contributed by atoms with van der Waals surface area (Å²) in [6.07, 6.45) is 0. The Labute approximate surface area is 36.7 Å². The van der Waals surface area contributed by atoms with Crippen LogP contribution in [0.15, 0.2) is 0 Å². The van der Waals surface area contributed by atoms with E-state index in [1.807, 2.05) is 0 Å². The topological polar surface area (TPSA) is 85.5 Å². The second kappa shape index (κ2) is 86.6. The van der Waals surface area contributed by atoms with Gasteiger partial charge in [0, 0.05) is 0 Å². The maximum Gasteiger partial charge on any atom is 6.00 e. The van der Waals surface area contributed by atoms with E-state index in [1.54, 1.807) is 0 Å². The van der Waals surface area contributed by atoms with Crippen LogP contribution in [0.1, 0.15) is 0 Å². The minimum Gasteiger partial charge on any atom is -2.00 e. The molecule has 0 spiro atoms. The molecule has 0 saturated carbocycles. The fraction of sp³-hybridized carbons (Fsp3) is 0. The van der Waals surface area contributed by atoms with Crippen LogP contribution in [0.3, 0.4) is 0 Å². The summed E-state index contributed by atoms with van der Waals surface area (Å²) < 4.78 is 0. The van der Waals surface area contributed by atoms with Crippen molar-refractivity contribution in [1.29, 1.82) is 0 Å². The van der Waals surface area contributed by atoms with E-state index >= 15 is 0 Å². The summed E-state index contributed by atoms with van der Waals surface area (Å²) in [6.45, 7) is 0. The fourth-order valence-corrected chi connectivity index (χ4v) is 0. The maximum atomic E-state index is 0. The SMILES string of the molecule is [O-2].[O-2].[O-2].[Ru+6]. The molecule has 4 heteroatoms. The third kappa shape index (κ3) is 22.3. The van der Waals surface area contributed by atoms with Gasteiger partial charge in [-0.3, -0.25) is 0 Å².